The summed E-state index contributed by atoms with van der Waals surface area (Å²) in [7, 11) is -0.625. The molecular formula is C17H20N2O4S. The van der Waals surface area contributed by atoms with E-state index in [0.29, 0.717) is 12.3 Å². The molecule has 0 radical (unpaired) electrons. The fraction of sp³-hybridized carbons (Fsp3) is 0.235. The number of hydrogen-bond acceptors (Lipinski definition) is 4. The number of carbonyl (C=O) groups is 1. The molecule has 0 heterocycles. The van der Waals surface area contributed by atoms with Gasteiger partial charge in [-0.05, 0) is 23.8 Å². The Bertz CT molecular complexity index is 789. The van der Waals surface area contributed by atoms with Crippen LogP contribution >= 0.6 is 0 Å². The molecule has 0 aromatic heterocycles. The lowest BCUT2D eigenvalue weighted by molar-refractivity contribution is -0.121. The minimum Gasteiger partial charge on any atom is -0.367 e. The largest absolute Gasteiger partial charge is 0.367 e. The number of nitrogens with zero attached hydrogens (tertiary/aromatic N) is 1. The Morgan fingerprint density at radius 2 is 1.79 bits per heavy atom. The fourth-order valence-electron chi connectivity index (χ4n) is 1.98. The van der Waals surface area contributed by atoms with E-state index in [9.17, 15) is 13.2 Å². The summed E-state index contributed by atoms with van der Waals surface area (Å²) in [4.78, 5) is 12.0. The van der Waals surface area contributed by atoms with Gasteiger partial charge in [0.1, 0.15) is 6.61 Å². The summed E-state index contributed by atoms with van der Waals surface area (Å²) in [5.74, 6) is -0.342. The molecule has 0 unspecified atom stereocenters. The van der Waals surface area contributed by atoms with E-state index in [-0.39, 0.29) is 17.4 Å². The van der Waals surface area contributed by atoms with Crippen molar-refractivity contribution in [1.29, 1.82) is 0 Å². The smallest absolute Gasteiger partial charge is 0.250 e. The highest BCUT2D eigenvalue weighted by molar-refractivity contribution is 7.89. The Labute approximate surface area is 142 Å². The van der Waals surface area contributed by atoms with Crippen LogP contribution in [0.25, 0.3) is 0 Å². The molecule has 128 valence electrons. The number of carbonyl (C=O) groups excluding carboxylic acids is 1. The summed E-state index contributed by atoms with van der Waals surface area (Å²) in [6.07, 6.45) is 0. The SMILES string of the molecule is CN(C)S(=O)(=O)c1cccc(NC(=O)COCc2ccccc2)c1. The van der Waals surface area contributed by atoms with Crippen LogP contribution < -0.4 is 5.32 Å². The molecule has 0 saturated carbocycles. The Kier molecular flexibility index (Phi) is 6.08. The maximum absolute atomic E-state index is 12.1. The maximum Gasteiger partial charge on any atom is 0.250 e. The average Bonchev–Trinajstić information content (AvgIpc) is 2.56. The van der Waals surface area contributed by atoms with Gasteiger partial charge in [0.25, 0.3) is 0 Å². The number of hydrogen-bond donors (Lipinski definition) is 1. The van der Waals surface area contributed by atoms with Crippen molar-refractivity contribution in [2.75, 3.05) is 26.0 Å². The normalized spacial score (nSPS) is 11.5. The van der Waals surface area contributed by atoms with Crippen molar-refractivity contribution in [2.24, 2.45) is 0 Å². The van der Waals surface area contributed by atoms with Gasteiger partial charge in [0.2, 0.25) is 15.9 Å². The molecule has 0 aliphatic rings. The van der Waals surface area contributed by atoms with E-state index in [2.05, 4.69) is 5.32 Å². The first-order chi connectivity index (χ1) is 11.4. The summed E-state index contributed by atoms with van der Waals surface area (Å²) in [6, 6.07) is 15.6. The van der Waals surface area contributed by atoms with E-state index in [0.717, 1.165) is 9.87 Å². The fourth-order valence-corrected chi connectivity index (χ4v) is 2.93. The molecule has 0 aliphatic heterocycles. The van der Waals surface area contributed by atoms with Crippen LogP contribution in [0, 0.1) is 0 Å². The van der Waals surface area contributed by atoms with Crippen LogP contribution in [0.4, 0.5) is 5.69 Å². The third-order valence-electron chi connectivity index (χ3n) is 3.24. The highest BCUT2D eigenvalue weighted by Crippen LogP contribution is 2.17. The van der Waals surface area contributed by atoms with Gasteiger partial charge in [-0.25, -0.2) is 12.7 Å². The topological polar surface area (TPSA) is 75.7 Å². The zero-order valence-corrected chi connectivity index (χ0v) is 14.4. The van der Waals surface area contributed by atoms with Crippen LogP contribution in [-0.4, -0.2) is 39.3 Å². The van der Waals surface area contributed by atoms with E-state index in [4.69, 9.17) is 4.74 Å². The van der Waals surface area contributed by atoms with E-state index in [1.807, 2.05) is 30.3 Å². The third-order valence-corrected chi connectivity index (χ3v) is 5.05. The predicted molar refractivity (Wildman–Crippen MR) is 92.0 cm³/mol. The zero-order valence-electron chi connectivity index (χ0n) is 13.6. The van der Waals surface area contributed by atoms with Crippen molar-refractivity contribution in [3.8, 4) is 0 Å². The minimum atomic E-state index is -3.54. The summed E-state index contributed by atoms with van der Waals surface area (Å²) in [6.45, 7) is 0.225. The summed E-state index contributed by atoms with van der Waals surface area (Å²) in [5.41, 5.74) is 1.38. The lowest BCUT2D eigenvalue weighted by Crippen LogP contribution is -2.23. The van der Waals surface area contributed by atoms with Gasteiger partial charge in [0.15, 0.2) is 0 Å². The molecule has 24 heavy (non-hydrogen) atoms. The second-order valence-electron chi connectivity index (χ2n) is 5.34. The van der Waals surface area contributed by atoms with Gasteiger partial charge in [-0.2, -0.15) is 0 Å². The molecule has 2 aromatic carbocycles. The van der Waals surface area contributed by atoms with Crippen LogP contribution in [0.5, 0.6) is 0 Å². The first kappa shape index (κ1) is 18.1. The van der Waals surface area contributed by atoms with Crippen LogP contribution in [0.2, 0.25) is 0 Å². The Hall–Kier alpha value is -2.22. The molecule has 0 fully saturated rings. The van der Waals surface area contributed by atoms with Crippen molar-refractivity contribution in [2.45, 2.75) is 11.5 Å². The molecule has 7 heteroatoms. The van der Waals surface area contributed by atoms with Gasteiger partial charge >= 0.3 is 0 Å². The van der Waals surface area contributed by atoms with Crippen LogP contribution in [-0.2, 0) is 26.2 Å². The maximum atomic E-state index is 12.1. The number of nitrogens with one attached hydrogen (secondary N) is 1. The number of sulfonamides is 1. The van der Waals surface area contributed by atoms with Crippen LogP contribution in [0.3, 0.4) is 0 Å². The van der Waals surface area contributed by atoms with Crippen molar-refractivity contribution in [3.63, 3.8) is 0 Å². The molecule has 6 nitrogen and oxygen atoms in total. The van der Waals surface area contributed by atoms with Crippen molar-refractivity contribution in [3.05, 3.63) is 60.2 Å². The van der Waals surface area contributed by atoms with E-state index in [1.165, 1.54) is 26.2 Å². The van der Waals surface area contributed by atoms with Crippen LogP contribution in [0.1, 0.15) is 5.56 Å². The highest BCUT2D eigenvalue weighted by atomic mass is 32.2. The molecule has 0 atom stereocenters. The quantitative estimate of drug-likeness (QED) is 0.831. The van der Waals surface area contributed by atoms with Gasteiger partial charge in [0.05, 0.1) is 11.5 Å². The summed E-state index contributed by atoms with van der Waals surface area (Å²) < 4.78 is 30.6. The average molecular weight is 348 g/mol. The molecule has 2 rings (SSSR count). The van der Waals surface area contributed by atoms with E-state index >= 15 is 0 Å². The highest BCUT2D eigenvalue weighted by Gasteiger charge is 2.17. The molecule has 1 amide bonds. The van der Waals surface area contributed by atoms with Gasteiger partial charge in [-0.3, -0.25) is 4.79 Å². The molecule has 0 aliphatic carbocycles. The lowest BCUT2D eigenvalue weighted by atomic mass is 10.2. The van der Waals surface area contributed by atoms with Gasteiger partial charge < -0.3 is 10.1 Å². The minimum absolute atomic E-state index is 0.112. The molecule has 1 N–H and O–H groups in total. The Balaban J connectivity index is 1.92. The van der Waals surface area contributed by atoms with E-state index in [1.54, 1.807) is 12.1 Å². The number of benzene rings is 2. The number of anilines is 1. The van der Waals surface area contributed by atoms with Gasteiger partial charge in [-0.1, -0.05) is 36.4 Å². The number of rotatable bonds is 7. The number of ether oxygens (including phenoxy) is 1. The lowest BCUT2D eigenvalue weighted by Gasteiger charge is -2.12. The molecule has 0 bridgehead atoms. The Morgan fingerprint density at radius 3 is 2.46 bits per heavy atom. The molecule has 0 spiro atoms. The summed E-state index contributed by atoms with van der Waals surface area (Å²) >= 11 is 0. The predicted octanol–water partition coefficient (Wildman–Crippen LogP) is 2.09. The van der Waals surface area contributed by atoms with Crippen LogP contribution in [0.15, 0.2) is 59.5 Å². The van der Waals surface area contributed by atoms with E-state index < -0.39 is 10.0 Å². The zero-order chi connectivity index (χ0) is 17.6. The third kappa shape index (κ3) is 4.89. The molecule has 0 saturated heterocycles. The standard InChI is InChI=1S/C17H20N2O4S/c1-19(2)24(21,22)16-10-6-9-15(11-16)18-17(20)13-23-12-14-7-4-3-5-8-14/h3-11H,12-13H2,1-2H3,(H,18,20). The first-order valence-electron chi connectivity index (χ1n) is 7.34. The molecular weight excluding hydrogens is 328 g/mol. The monoisotopic (exact) mass is 348 g/mol. The number of amides is 1. The second-order valence-corrected chi connectivity index (χ2v) is 7.49. The van der Waals surface area contributed by atoms with Crippen molar-refractivity contribution < 1.29 is 17.9 Å². The Morgan fingerprint density at radius 1 is 1.08 bits per heavy atom. The van der Waals surface area contributed by atoms with Gasteiger partial charge in [0, 0.05) is 19.8 Å². The first-order valence-corrected chi connectivity index (χ1v) is 8.78. The van der Waals surface area contributed by atoms with Crippen molar-refractivity contribution in [1.82, 2.24) is 4.31 Å². The van der Waals surface area contributed by atoms with Crippen molar-refractivity contribution >= 4 is 21.6 Å². The summed E-state index contributed by atoms with van der Waals surface area (Å²) in [5, 5.41) is 2.63. The van der Waals surface area contributed by atoms with Gasteiger partial charge in [-0.15, -0.1) is 0 Å². The second kappa shape index (κ2) is 8.05. The molecule has 2 aromatic rings.